The highest BCUT2D eigenvalue weighted by Gasteiger charge is 2.20. The van der Waals surface area contributed by atoms with Crippen LogP contribution in [0.2, 0.25) is 0 Å². The maximum Gasteiger partial charge on any atom is 0.0552 e. The van der Waals surface area contributed by atoms with Crippen LogP contribution in [0.25, 0.3) is 49.8 Å². The Bertz CT molecular complexity index is 2110. The number of aromatic nitrogens is 1. The number of para-hydroxylation sites is 1. The minimum atomic E-state index is -0.166. The van der Waals surface area contributed by atoms with Crippen LogP contribution in [0.5, 0.6) is 0 Å². The molecule has 5 aromatic carbocycles. The van der Waals surface area contributed by atoms with E-state index in [1.54, 1.807) is 17.8 Å². The van der Waals surface area contributed by atoms with Gasteiger partial charge in [-0.05, 0) is 74.7 Å². The van der Waals surface area contributed by atoms with Gasteiger partial charge in [0.15, 0.2) is 0 Å². The Morgan fingerprint density at radius 3 is 2.18 bits per heavy atom. The van der Waals surface area contributed by atoms with E-state index in [-0.39, 0.29) is 6.04 Å². The number of hydrogen-bond donors (Lipinski definition) is 1. The summed E-state index contributed by atoms with van der Waals surface area (Å²) in [5, 5.41) is 4.73. The van der Waals surface area contributed by atoms with Crippen LogP contribution in [0.3, 0.4) is 0 Å². The normalized spacial score (nSPS) is 15.8. The molecule has 0 amide bonds. The lowest BCUT2D eigenvalue weighted by molar-refractivity contribution is 0.912. The summed E-state index contributed by atoms with van der Waals surface area (Å²) in [6, 6.07) is 40.8. The van der Waals surface area contributed by atoms with Crippen LogP contribution >= 0.6 is 11.8 Å². The van der Waals surface area contributed by atoms with Crippen LogP contribution in [0.4, 0.5) is 0 Å². The Morgan fingerprint density at radius 2 is 1.43 bits per heavy atom. The van der Waals surface area contributed by atoms with E-state index >= 15 is 0 Å². The first-order valence-electron chi connectivity index (χ1n) is 14.7. The maximum atomic E-state index is 6.36. The summed E-state index contributed by atoms with van der Waals surface area (Å²) in [6.45, 7) is 8.24. The number of fused-ring (bicyclic) bond motifs is 5. The molecule has 0 fully saturated rings. The molecule has 1 aliphatic heterocycles. The van der Waals surface area contributed by atoms with Crippen LogP contribution in [-0.4, -0.2) is 4.57 Å². The van der Waals surface area contributed by atoms with Gasteiger partial charge >= 0.3 is 0 Å². The van der Waals surface area contributed by atoms with Crippen molar-refractivity contribution in [2.45, 2.75) is 10.9 Å². The van der Waals surface area contributed by atoms with Gasteiger partial charge in [-0.15, -0.1) is 0 Å². The molecule has 2 heterocycles. The number of nitrogens with zero attached hydrogens (tertiary/aromatic N) is 1. The molecule has 1 aliphatic rings. The molecule has 7 rings (SSSR count). The second-order valence-electron chi connectivity index (χ2n) is 10.9. The number of thioether (sulfide) groups is 1. The Kier molecular flexibility index (Phi) is 7.49. The van der Waals surface area contributed by atoms with E-state index in [9.17, 15) is 0 Å². The molecule has 0 radical (unpaired) electrons. The average molecular weight is 585 g/mol. The summed E-state index contributed by atoms with van der Waals surface area (Å²) >= 11 is 1.78. The zero-order valence-electron chi connectivity index (χ0n) is 24.4. The number of hydrogen-bond acceptors (Lipinski definition) is 2. The van der Waals surface area contributed by atoms with Gasteiger partial charge < -0.3 is 10.3 Å². The summed E-state index contributed by atoms with van der Waals surface area (Å²) in [7, 11) is 0. The lowest BCUT2D eigenvalue weighted by atomic mass is 9.98. The van der Waals surface area contributed by atoms with Crippen molar-refractivity contribution in [2.75, 3.05) is 0 Å². The summed E-state index contributed by atoms with van der Waals surface area (Å²) in [5.74, 6) is 0. The molecule has 1 unspecified atom stereocenters. The van der Waals surface area contributed by atoms with Crippen LogP contribution in [0, 0.1) is 0 Å². The van der Waals surface area contributed by atoms with Crippen molar-refractivity contribution in [2.24, 2.45) is 5.73 Å². The minimum Gasteiger partial charge on any atom is -0.321 e. The molecule has 6 aromatic rings. The molecule has 44 heavy (non-hydrogen) atoms. The van der Waals surface area contributed by atoms with E-state index in [1.807, 2.05) is 12.2 Å². The van der Waals surface area contributed by atoms with Crippen molar-refractivity contribution in [1.29, 1.82) is 0 Å². The Hall–Kier alpha value is -5.09. The van der Waals surface area contributed by atoms with Gasteiger partial charge in [0.1, 0.15) is 0 Å². The Morgan fingerprint density at radius 1 is 0.727 bits per heavy atom. The third-order valence-electron chi connectivity index (χ3n) is 8.20. The summed E-state index contributed by atoms with van der Waals surface area (Å²) in [5.41, 5.74) is 17.8. The first-order valence-corrected chi connectivity index (χ1v) is 15.6. The Balaban J connectivity index is 1.44. The van der Waals surface area contributed by atoms with Gasteiger partial charge in [-0.1, -0.05) is 140 Å². The highest BCUT2D eigenvalue weighted by molar-refractivity contribution is 8.02. The predicted molar refractivity (Wildman–Crippen MR) is 191 cm³/mol. The molecule has 1 aromatic heterocycles. The molecule has 1 atom stereocenters. The van der Waals surface area contributed by atoms with E-state index in [0.717, 1.165) is 28.0 Å². The molecule has 0 saturated heterocycles. The summed E-state index contributed by atoms with van der Waals surface area (Å²) in [4.78, 5) is 1.22. The maximum absolute atomic E-state index is 6.36. The van der Waals surface area contributed by atoms with E-state index in [1.165, 1.54) is 43.4 Å². The predicted octanol–water partition coefficient (Wildman–Crippen LogP) is 10.9. The van der Waals surface area contributed by atoms with Crippen LogP contribution < -0.4 is 5.73 Å². The van der Waals surface area contributed by atoms with Crippen LogP contribution in [0.1, 0.15) is 22.7 Å². The zero-order chi connectivity index (χ0) is 30.0. The molecule has 2 nitrogen and oxygen atoms in total. The van der Waals surface area contributed by atoms with Gasteiger partial charge in [-0.3, -0.25) is 0 Å². The highest BCUT2D eigenvalue weighted by atomic mass is 32.2. The number of nitrogens with two attached hydrogens (primary N) is 1. The van der Waals surface area contributed by atoms with Crippen molar-refractivity contribution in [3.63, 3.8) is 0 Å². The smallest absolute Gasteiger partial charge is 0.0552 e. The zero-order valence-corrected chi connectivity index (χ0v) is 25.2. The van der Waals surface area contributed by atoms with Crippen molar-refractivity contribution in [3.8, 4) is 16.8 Å². The third-order valence-corrected chi connectivity index (χ3v) is 9.23. The van der Waals surface area contributed by atoms with Gasteiger partial charge in [0.2, 0.25) is 0 Å². The molecule has 2 N–H and O–H groups in total. The van der Waals surface area contributed by atoms with Crippen LogP contribution in [0.15, 0.2) is 169 Å². The lowest BCUT2D eigenvalue weighted by Gasteiger charge is -2.15. The first kappa shape index (κ1) is 27.7. The van der Waals surface area contributed by atoms with E-state index < -0.39 is 0 Å². The molecule has 0 spiro atoms. The van der Waals surface area contributed by atoms with Gasteiger partial charge in [-0.2, -0.15) is 0 Å². The van der Waals surface area contributed by atoms with Crippen molar-refractivity contribution >= 4 is 44.7 Å². The number of benzene rings is 5. The van der Waals surface area contributed by atoms with Crippen molar-refractivity contribution in [1.82, 2.24) is 4.57 Å². The van der Waals surface area contributed by atoms with E-state index in [4.69, 9.17) is 5.73 Å². The van der Waals surface area contributed by atoms with Gasteiger partial charge in [0.05, 0.1) is 11.0 Å². The monoisotopic (exact) mass is 584 g/mol. The molecule has 0 bridgehead atoms. The van der Waals surface area contributed by atoms with Crippen LogP contribution in [-0.2, 0) is 0 Å². The quantitative estimate of drug-likeness (QED) is 0.197. The summed E-state index contributed by atoms with van der Waals surface area (Å²) < 4.78 is 2.38. The van der Waals surface area contributed by atoms with Gasteiger partial charge in [-0.25, -0.2) is 0 Å². The number of allylic oxidation sites excluding steroid dienone is 6. The molecule has 3 heteroatoms. The fourth-order valence-corrected chi connectivity index (χ4v) is 7.05. The molecule has 0 aliphatic carbocycles. The topological polar surface area (TPSA) is 30.9 Å². The standard InChI is InChI=1S/C41H32N2S/c1-3-4-15-37(42)31-20-18-30(19-21-31)32-22-24-38-36(26-32)40-39(43(38)34-13-9-6-10-14-34)25-23-35-28(2)16-17-33(27-44-41(35)40)29-11-7-5-8-12-29/h3-27,37H,1-2,42H2/b15-4-,17-16-,33-27+. The first-order chi connectivity index (χ1) is 21.6. The second-order valence-corrected chi connectivity index (χ2v) is 11.8. The Labute approximate surface area is 262 Å². The largest absolute Gasteiger partial charge is 0.321 e. The fraction of sp³-hybridized carbons (Fsp3) is 0.0244. The molecular weight excluding hydrogens is 553 g/mol. The van der Waals surface area contributed by atoms with E-state index in [2.05, 4.69) is 151 Å². The number of rotatable bonds is 6. The van der Waals surface area contributed by atoms with Crippen molar-refractivity contribution < 1.29 is 0 Å². The van der Waals surface area contributed by atoms with E-state index in [0.29, 0.717) is 0 Å². The highest BCUT2D eigenvalue weighted by Crippen LogP contribution is 2.45. The fourth-order valence-electron chi connectivity index (χ4n) is 5.93. The average Bonchev–Trinajstić information content (AvgIpc) is 3.40. The molecule has 0 saturated carbocycles. The minimum absolute atomic E-state index is 0.166. The van der Waals surface area contributed by atoms with Crippen molar-refractivity contribution in [3.05, 3.63) is 181 Å². The second kappa shape index (κ2) is 11.9. The van der Waals surface area contributed by atoms with Gasteiger partial charge in [0.25, 0.3) is 0 Å². The van der Waals surface area contributed by atoms with Gasteiger partial charge in [0, 0.05) is 27.4 Å². The molecular formula is C41H32N2S. The SMILES string of the molecule is C=C/C=C\C(N)c1ccc(-c2ccc3c(c2)c2c4c(ccc2n3-c2ccccc2)C(=C)/C=C\C(c2ccccc2)=C/S4)cc1. The lowest BCUT2D eigenvalue weighted by Crippen LogP contribution is -2.06. The molecule has 212 valence electrons. The summed E-state index contributed by atoms with van der Waals surface area (Å²) in [6.07, 6.45) is 9.91. The third kappa shape index (κ3) is 5.07.